The van der Waals surface area contributed by atoms with Gasteiger partial charge < -0.3 is 11.5 Å². The Balaban J connectivity index is 1.39. The summed E-state index contributed by atoms with van der Waals surface area (Å²) in [6, 6.07) is 16.0. The summed E-state index contributed by atoms with van der Waals surface area (Å²) in [5.41, 5.74) is 17.6. The Morgan fingerprint density at radius 2 is 1.82 bits per heavy atom. The second-order valence-electron chi connectivity index (χ2n) is 10.4. The number of pyridine rings is 1. The molecule has 4 aromatic rings. The number of aryl methyl sites for hydroxylation is 1. The van der Waals surface area contributed by atoms with Crippen LogP contribution in [0.4, 0.5) is 5.69 Å². The topological polar surface area (TPSA) is 157 Å². The number of nitrogens with one attached hydrogen (secondary N) is 1. The van der Waals surface area contributed by atoms with Crippen molar-refractivity contribution in [2.24, 2.45) is 23.3 Å². The van der Waals surface area contributed by atoms with Crippen LogP contribution in [0.25, 0.3) is 22.5 Å². The van der Waals surface area contributed by atoms with Gasteiger partial charge in [0.05, 0.1) is 11.7 Å². The first-order valence-corrected chi connectivity index (χ1v) is 13.6. The minimum atomic E-state index is -0.907. The second kappa shape index (κ2) is 12.3. The lowest BCUT2D eigenvalue weighted by molar-refractivity contribution is -0.130. The molecule has 0 radical (unpaired) electrons. The first-order chi connectivity index (χ1) is 19.4. The van der Waals surface area contributed by atoms with Crippen molar-refractivity contribution < 1.29 is 9.59 Å². The number of carbonyl (C=O) groups excluding carboxylic acids is 2. The van der Waals surface area contributed by atoms with Crippen molar-refractivity contribution in [2.75, 3.05) is 11.4 Å². The number of amides is 2. The van der Waals surface area contributed by atoms with Crippen LogP contribution in [0, 0.1) is 18.8 Å². The summed E-state index contributed by atoms with van der Waals surface area (Å²) in [6.45, 7) is 2.63. The molecule has 0 unspecified atom stereocenters. The van der Waals surface area contributed by atoms with E-state index in [1.54, 1.807) is 30.5 Å². The van der Waals surface area contributed by atoms with Crippen LogP contribution in [0.3, 0.4) is 0 Å². The number of anilines is 1. The molecule has 1 aliphatic carbocycles. The lowest BCUT2D eigenvalue weighted by Gasteiger charge is -2.32. The van der Waals surface area contributed by atoms with Crippen LogP contribution in [0.5, 0.6) is 0 Å². The smallest absolute Gasteiger partial charge is 0.251 e. The minimum Gasteiger partial charge on any atom is -0.330 e. The van der Waals surface area contributed by atoms with Gasteiger partial charge in [0.25, 0.3) is 5.91 Å². The normalized spacial score (nSPS) is 17.8. The highest BCUT2D eigenvalue weighted by atomic mass is 16.2. The van der Waals surface area contributed by atoms with E-state index in [4.69, 9.17) is 11.5 Å². The maximum absolute atomic E-state index is 13.9. The number of nitrogens with zero attached hydrogens (tertiary/aromatic N) is 5. The Hall–Kier alpha value is -4.28. The number of hydrogen-bond donors (Lipinski definition) is 3. The molecule has 206 valence electrons. The molecule has 10 heteroatoms. The van der Waals surface area contributed by atoms with E-state index in [0.717, 1.165) is 35.1 Å². The number of aromatic amines is 1. The highest BCUT2D eigenvalue weighted by Crippen LogP contribution is 2.32. The van der Waals surface area contributed by atoms with Crippen LogP contribution in [0.2, 0.25) is 0 Å². The van der Waals surface area contributed by atoms with Gasteiger partial charge in [-0.2, -0.15) is 5.21 Å². The number of aromatic nitrogens is 5. The highest BCUT2D eigenvalue weighted by molar-refractivity contribution is 6.17. The van der Waals surface area contributed by atoms with Crippen molar-refractivity contribution in [3.05, 3.63) is 78.1 Å². The zero-order valence-electron chi connectivity index (χ0n) is 22.5. The van der Waals surface area contributed by atoms with Gasteiger partial charge >= 0.3 is 0 Å². The SMILES string of the molecule is Cc1cnccc1-c1cccc(C[C@H](N)C(=O)N(C(=O)C2CCC(CN)CC2)c2ccc(-c3nn[nH]n3)cc2)c1. The molecule has 1 aliphatic rings. The lowest BCUT2D eigenvalue weighted by Crippen LogP contribution is -2.50. The van der Waals surface area contributed by atoms with E-state index in [1.807, 2.05) is 43.5 Å². The first-order valence-electron chi connectivity index (χ1n) is 13.6. The van der Waals surface area contributed by atoms with Crippen molar-refractivity contribution in [2.45, 2.75) is 45.1 Å². The van der Waals surface area contributed by atoms with Crippen molar-refractivity contribution in [3.63, 3.8) is 0 Å². The lowest BCUT2D eigenvalue weighted by atomic mass is 9.81. The Labute approximate surface area is 233 Å². The zero-order chi connectivity index (χ0) is 28.1. The van der Waals surface area contributed by atoms with E-state index in [2.05, 4.69) is 25.6 Å². The Kier molecular flexibility index (Phi) is 8.37. The van der Waals surface area contributed by atoms with Gasteiger partial charge in [0, 0.05) is 23.9 Å². The molecular weight excluding hydrogens is 504 g/mol. The number of benzene rings is 2. The van der Waals surface area contributed by atoms with Gasteiger partial charge in [-0.05, 0) is 109 Å². The highest BCUT2D eigenvalue weighted by Gasteiger charge is 2.35. The summed E-state index contributed by atoms with van der Waals surface area (Å²) >= 11 is 0. The molecule has 0 spiro atoms. The second-order valence-corrected chi connectivity index (χ2v) is 10.4. The number of imide groups is 1. The Morgan fingerprint density at radius 3 is 2.50 bits per heavy atom. The summed E-state index contributed by atoms with van der Waals surface area (Å²) in [4.78, 5) is 33.2. The summed E-state index contributed by atoms with van der Waals surface area (Å²) in [5.74, 6) is -0.0557. The number of tetrazole rings is 1. The van der Waals surface area contributed by atoms with Gasteiger partial charge in [0.15, 0.2) is 0 Å². The number of hydrogen-bond acceptors (Lipinski definition) is 8. The van der Waals surface area contributed by atoms with Crippen molar-refractivity contribution in [1.82, 2.24) is 25.6 Å². The fourth-order valence-electron chi connectivity index (χ4n) is 5.40. The predicted octanol–water partition coefficient (Wildman–Crippen LogP) is 3.43. The van der Waals surface area contributed by atoms with E-state index >= 15 is 0 Å². The summed E-state index contributed by atoms with van der Waals surface area (Å²) < 4.78 is 0. The van der Waals surface area contributed by atoms with Crippen molar-refractivity contribution in [1.29, 1.82) is 0 Å². The van der Waals surface area contributed by atoms with Crippen LogP contribution >= 0.6 is 0 Å². The molecule has 1 fully saturated rings. The molecule has 1 atom stereocenters. The molecular formula is C30H34N8O2. The van der Waals surface area contributed by atoms with Crippen LogP contribution in [0.1, 0.15) is 36.8 Å². The van der Waals surface area contributed by atoms with E-state index in [9.17, 15) is 9.59 Å². The van der Waals surface area contributed by atoms with E-state index < -0.39 is 11.9 Å². The van der Waals surface area contributed by atoms with Gasteiger partial charge in [-0.3, -0.25) is 14.6 Å². The molecule has 40 heavy (non-hydrogen) atoms. The third-order valence-electron chi connectivity index (χ3n) is 7.73. The Bertz CT molecular complexity index is 1450. The van der Waals surface area contributed by atoms with Gasteiger partial charge in [-0.15, -0.1) is 10.2 Å². The van der Waals surface area contributed by atoms with Gasteiger partial charge in [-0.25, -0.2) is 4.90 Å². The molecule has 2 heterocycles. The minimum absolute atomic E-state index is 0.218. The fourth-order valence-corrected chi connectivity index (χ4v) is 5.40. The van der Waals surface area contributed by atoms with E-state index in [0.29, 0.717) is 48.8 Å². The van der Waals surface area contributed by atoms with Crippen LogP contribution < -0.4 is 16.4 Å². The van der Waals surface area contributed by atoms with Gasteiger partial charge in [0.2, 0.25) is 11.7 Å². The average molecular weight is 539 g/mol. The summed E-state index contributed by atoms with van der Waals surface area (Å²) in [7, 11) is 0. The fraction of sp³-hybridized carbons (Fsp3) is 0.333. The molecule has 0 aliphatic heterocycles. The molecule has 0 saturated heterocycles. The number of H-pyrrole nitrogens is 1. The maximum atomic E-state index is 13.9. The zero-order valence-corrected chi connectivity index (χ0v) is 22.5. The molecule has 2 aromatic carbocycles. The molecule has 10 nitrogen and oxygen atoms in total. The molecule has 5 rings (SSSR count). The monoisotopic (exact) mass is 538 g/mol. The van der Waals surface area contributed by atoms with Crippen molar-refractivity contribution in [3.8, 4) is 22.5 Å². The standard InChI is InChI=1S/C30H34N8O2/c1-19-18-33-14-13-26(19)24-4-2-3-21(15-24)16-27(32)30(40)38(29(39)23-7-5-20(17-31)6-8-23)25-11-9-22(10-12-25)28-34-36-37-35-28/h2-4,9-15,18,20,23,27H,5-8,16-17,31-32H2,1H3,(H,34,35,36,37)/t20?,23?,27-/m0/s1. The largest absolute Gasteiger partial charge is 0.330 e. The molecule has 5 N–H and O–H groups in total. The average Bonchev–Trinajstić information content (AvgIpc) is 3.53. The summed E-state index contributed by atoms with van der Waals surface area (Å²) in [6.07, 6.45) is 7.03. The third kappa shape index (κ3) is 5.98. The first kappa shape index (κ1) is 27.3. The third-order valence-corrected chi connectivity index (χ3v) is 7.73. The summed E-state index contributed by atoms with van der Waals surface area (Å²) in [5, 5.41) is 14.0. The number of nitrogens with two attached hydrogens (primary N) is 2. The van der Waals surface area contributed by atoms with Crippen molar-refractivity contribution >= 4 is 17.5 Å². The quantitative estimate of drug-likeness (QED) is 0.308. The molecule has 0 bridgehead atoms. The molecule has 1 saturated carbocycles. The number of carbonyl (C=O) groups is 2. The molecule has 2 amide bonds. The van der Waals surface area contributed by atoms with Crippen LogP contribution in [-0.2, 0) is 16.0 Å². The van der Waals surface area contributed by atoms with Crippen LogP contribution in [0.15, 0.2) is 67.0 Å². The van der Waals surface area contributed by atoms with Gasteiger partial charge in [0.1, 0.15) is 0 Å². The van der Waals surface area contributed by atoms with Gasteiger partial charge in [-0.1, -0.05) is 24.3 Å². The maximum Gasteiger partial charge on any atom is 0.251 e. The van der Waals surface area contributed by atoms with E-state index in [-0.39, 0.29) is 11.8 Å². The van der Waals surface area contributed by atoms with Crippen LogP contribution in [-0.4, -0.2) is 50.0 Å². The molecule has 2 aromatic heterocycles. The predicted molar refractivity (Wildman–Crippen MR) is 153 cm³/mol. The number of rotatable bonds is 8. The Morgan fingerprint density at radius 1 is 1.05 bits per heavy atom. The van der Waals surface area contributed by atoms with E-state index in [1.165, 1.54) is 4.90 Å².